The van der Waals surface area contributed by atoms with Gasteiger partial charge in [0.1, 0.15) is 4.90 Å². The molecule has 1 N–H and O–H groups in total. The van der Waals surface area contributed by atoms with Crippen LogP contribution in [0.15, 0.2) is 35.4 Å². The summed E-state index contributed by atoms with van der Waals surface area (Å²) in [4.78, 5) is 18.6. The van der Waals surface area contributed by atoms with Crippen LogP contribution in [-0.4, -0.2) is 68.3 Å². The summed E-state index contributed by atoms with van der Waals surface area (Å²) < 4.78 is 27.8. The fraction of sp³-hybridized carbons (Fsp3) is 0.474. The van der Waals surface area contributed by atoms with E-state index in [0.717, 1.165) is 23.9 Å². The van der Waals surface area contributed by atoms with Crippen LogP contribution in [0.3, 0.4) is 0 Å². The molecule has 1 aliphatic heterocycles. The highest BCUT2D eigenvalue weighted by Crippen LogP contribution is 2.25. The number of piperazine rings is 1. The fourth-order valence-electron chi connectivity index (χ4n) is 3.34. The number of pyridine rings is 1. The molecular weight excluding hydrogens is 364 g/mol. The van der Waals surface area contributed by atoms with Crippen molar-refractivity contribution in [2.75, 3.05) is 39.8 Å². The molecule has 0 unspecified atom stereocenters. The Morgan fingerprint density at radius 1 is 1.22 bits per heavy atom. The first kappa shape index (κ1) is 19.7. The van der Waals surface area contributed by atoms with E-state index in [0.29, 0.717) is 38.1 Å². The standard InChI is InChI=1S/C19H26N4O3S/c1-15-13-16-5-3-6-17(19(16)21-14-15)27(25,26)23-11-9-22(10-12-23)18(24)7-4-8-20-2/h3,5-6,13-14,20H,4,7-12H2,1-2H3. The zero-order chi connectivity index (χ0) is 19.4. The number of hydrogen-bond acceptors (Lipinski definition) is 5. The number of benzene rings is 1. The van der Waals surface area contributed by atoms with Gasteiger partial charge in [-0.05, 0) is 44.6 Å². The van der Waals surface area contributed by atoms with E-state index in [1.54, 1.807) is 23.2 Å². The van der Waals surface area contributed by atoms with Crippen LogP contribution in [0, 0.1) is 6.92 Å². The highest BCUT2D eigenvalue weighted by atomic mass is 32.2. The summed E-state index contributed by atoms with van der Waals surface area (Å²) in [5.74, 6) is 0.0876. The van der Waals surface area contributed by atoms with Gasteiger partial charge in [0.05, 0.1) is 5.52 Å². The van der Waals surface area contributed by atoms with Crippen LogP contribution in [0.1, 0.15) is 18.4 Å². The Balaban J connectivity index is 1.73. The minimum Gasteiger partial charge on any atom is -0.340 e. The van der Waals surface area contributed by atoms with Gasteiger partial charge in [-0.2, -0.15) is 4.31 Å². The number of amides is 1. The predicted molar refractivity (Wildman–Crippen MR) is 105 cm³/mol. The molecule has 2 heterocycles. The summed E-state index contributed by atoms with van der Waals surface area (Å²) >= 11 is 0. The van der Waals surface area contributed by atoms with E-state index >= 15 is 0 Å². The van der Waals surface area contributed by atoms with Gasteiger partial charge >= 0.3 is 0 Å². The van der Waals surface area contributed by atoms with Gasteiger partial charge in [0, 0.05) is 44.2 Å². The number of nitrogens with one attached hydrogen (secondary N) is 1. The number of rotatable bonds is 6. The summed E-state index contributed by atoms with van der Waals surface area (Å²) in [5.41, 5.74) is 1.48. The molecule has 0 radical (unpaired) electrons. The zero-order valence-corrected chi connectivity index (χ0v) is 16.6. The third-order valence-electron chi connectivity index (χ3n) is 4.84. The van der Waals surface area contributed by atoms with Crippen LogP contribution in [0.5, 0.6) is 0 Å². The van der Waals surface area contributed by atoms with Crippen molar-refractivity contribution in [2.45, 2.75) is 24.7 Å². The Labute approximate surface area is 160 Å². The third-order valence-corrected chi connectivity index (χ3v) is 6.77. The lowest BCUT2D eigenvalue weighted by molar-refractivity contribution is -0.132. The minimum atomic E-state index is -3.65. The maximum atomic E-state index is 13.1. The van der Waals surface area contributed by atoms with Gasteiger partial charge in [0.2, 0.25) is 15.9 Å². The van der Waals surface area contributed by atoms with Crippen molar-refractivity contribution in [3.63, 3.8) is 0 Å². The summed E-state index contributed by atoms with van der Waals surface area (Å²) in [5, 5.41) is 3.84. The second kappa shape index (κ2) is 8.33. The number of aromatic nitrogens is 1. The van der Waals surface area contributed by atoms with Crippen LogP contribution in [0.4, 0.5) is 0 Å². The van der Waals surface area contributed by atoms with E-state index in [2.05, 4.69) is 10.3 Å². The molecule has 7 nitrogen and oxygen atoms in total. The second-order valence-corrected chi connectivity index (χ2v) is 8.74. The lowest BCUT2D eigenvalue weighted by atomic mass is 10.2. The monoisotopic (exact) mass is 390 g/mol. The molecule has 27 heavy (non-hydrogen) atoms. The van der Waals surface area contributed by atoms with Crippen molar-refractivity contribution < 1.29 is 13.2 Å². The number of hydrogen-bond donors (Lipinski definition) is 1. The Hall–Kier alpha value is -2.03. The average molecular weight is 391 g/mol. The fourth-order valence-corrected chi connectivity index (χ4v) is 4.93. The number of nitrogens with zero attached hydrogens (tertiary/aromatic N) is 3. The molecule has 0 atom stereocenters. The smallest absolute Gasteiger partial charge is 0.245 e. The number of fused-ring (bicyclic) bond motifs is 1. The number of para-hydroxylation sites is 1. The summed E-state index contributed by atoms with van der Waals surface area (Å²) in [6.45, 7) is 4.20. The molecule has 1 aromatic heterocycles. The summed E-state index contributed by atoms with van der Waals surface area (Å²) in [6.07, 6.45) is 2.96. The summed E-state index contributed by atoms with van der Waals surface area (Å²) in [6, 6.07) is 7.16. The number of carbonyl (C=O) groups is 1. The minimum absolute atomic E-state index is 0.0876. The second-order valence-electron chi connectivity index (χ2n) is 6.83. The van der Waals surface area contributed by atoms with Gasteiger partial charge in [-0.25, -0.2) is 8.42 Å². The SMILES string of the molecule is CNCCCC(=O)N1CCN(S(=O)(=O)c2cccc3cc(C)cnc23)CC1. The Bertz CT molecular complexity index is 922. The molecule has 0 spiro atoms. The number of aryl methyl sites for hydroxylation is 1. The summed E-state index contributed by atoms with van der Waals surface area (Å²) in [7, 11) is -1.79. The normalized spacial score (nSPS) is 16.0. The van der Waals surface area contributed by atoms with Crippen LogP contribution >= 0.6 is 0 Å². The zero-order valence-electron chi connectivity index (χ0n) is 15.8. The highest BCUT2D eigenvalue weighted by Gasteiger charge is 2.31. The van der Waals surface area contributed by atoms with Crippen molar-refractivity contribution in [2.24, 2.45) is 0 Å². The topological polar surface area (TPSA) is 82.6 Å². The van der Waals surface area contributed by atoms with E-state index in [1.165, 1.54) is 4.31 Å². The molecule has 0 bridgehead atoms. The highest BCUT2D eigenvalue weighted by molar-refractivity contribution is 7.89. The van der Waals surface area contributed by atoms with Gasteiger partial charge in [-0.3, -0.25) is 9.78 Å². The Kier molecular flexibility index (Phi) is 6.08. The molecular formula is C19H26N4O3S. The van der Waals surface area contributed by atoms with Gasteiger partial charge in [-0.1, -0.05) is 12.1 Å². The van der Waals surface area contributed by atoms with E-state index in [4.69, 9.17) is 0 Å². The largest absolute Gasteiger partial charge is 0.340 e. The molecule has 1 amide bonds. The van der Waals surface area contributed by atoms with Gasteiger partial charge < -0.3 is 10.2 Å². The van der Waals surface area contributed by atoms with Crippen molar-refractivity contribution >= 4 is 26.8 Å². The lowest BCUT2D eigenvalue weighted by Crippen LogP contribution is -2.50. The molecule has 0 saturated carbocycles. The first-order valence-electron chi connectivity index (χ1n) is 9.21. The number of carbonyl (C=O) groups excluding carboxylic acids is 1. The molecule has 0 aliphatic carbocycles. The van der Waals surface area contributed by atoms with E-state index in [1.807, 2.05) is 26.1 Å². The molecule has 8 heteroatoms. The third kappa shape index (κ3) is 4.28. The van der Waals surface area contributed by atoms with Crippen LogP contribution in [0.25, 0.3) is 10.9 Å². The van der Waals surface area contributed by atoms with Gasteiger partial charge in [0.25, 0.3) is 0 Å². The van der Waals surface area contributed by atoms with Crippen molar-refractivity contribution in [3.05, 3.63) is 36.0 Å². The van der Waals surface area contributed by atoms with E-state index in [-0.39, 0.29) is 10.8 Å². The molecule has 1 fully saturated rings. The van der Waals surface area contributed by atoms with E-state index < -0.39 is 10.0 Å². The van der Waals surface area contributed by atoms with Crippen LogP contribution in [0.2, 0.25) is 0 Å². The van der Waals surface area contributed by atoms with Crippen molar-refractivity contribution in [1.82, 2.24) is 19.5 Å². The lowest BCUT2D eigenvalue weighted by Gasteiger charge is -2.34. The Morgan fingerprint density at radius 2 is 1.96 bits per heavy atom. The Morgan fingerprint density at radius 3 is 2.67 bits per heavy atom. The quantitative estimate of drug-likeness (QED) is 0.754. The molecule has 1 aromatic carbocycles. The maximum Gasteiger partial charge on any atom is 0.245 e. The van der Waals surface area contributed by atoms with Crippen molar-refractivity contribution in [1.29, 1.82) is 0 Å². The van der Waals surface area contributed by atoms with Crippen LogP contribution in [-0.2, 0) is 14.8 Å². The van der Waals surface area contributed by atoms with Crippen LogP contribution < -0.4 is 5.32 Å². The predicted octanol–water partition coefficient (Wildman–Crippen LogP) is 1.38. The molecule has 1 saturated heterocycles. The molecule has 2 aromatic rings. The van der Waals surface area contributed by atoms with E-state index in [9.17, 15) is 13.2 Å². The first-order chi connectivity index (χ1) is 12.9. The molecule has 146 valence electrons. The van der Waals surface area contributed by atoms with Gasteiger partial charge in [-0.15, -0.1) is 0 Å². The molecule has 1 aliphatic rings. The molecule has 3 rings (SSSR count). The number of sulfonamides is 1. The van der Waals surface area contributed by atoms with Gasteiger partial charge in [0.15, 0.2) is 0 Å². The van der Waals surface area contributed by atoms with Crippen molar-refractivity contribution in [3.8, 4) is 0 Å². The first-order valence-corrected chi connectivity index (χ1v) is 10.7. The maximum absolute atomic E-state index is 13.1. The average Bonchev–Trinajstić information content (AvgIpc) is 2.67.